The number of nitrogens with zero attached hydrogens (tertiary/aromatic N) is 1. The molecule has 0 amide bonds. The van der Waals surface area contributed by atoms with Crippen LogP contribution in [-0.4, -0.2) is 4.98 Å². The lowest BCUT2D eigenvalue weighted by molar-refractivity contribution is 0.869. The predicted molar refractivity (Wildman–Crippen MR) is 60.2 cm³/mol. The van der Waals surface area contributed by atoms with Crippen molar-refractivity contribution < 1.29 is 0 Å². The van der Waals surface area contributed by atoms with Crippen LogP contribution in [0.4, 0.5) is 5.82 Å². The monoisotopic (exact) mass is 186 g/mol. The van der Waals surface area contributed by atoms with Gasteiger partial charge in [0.15, 0.2) is 0 Å². The lowest BCUT2D eigenvalue weighted by Gasteiger charge is -2.06. The van der Waals surface area contributed by atoms with Crippen molar-refractivity contribution in [3.8, 4) is 0 Å². The molecule has 72 valence electrons. The maximum atomic E-state index is 5.64. The molecule has 2 aromatic rings. The number of pyridine rings is 1. The molecule has 0 unspecified atom stereocenters. The van der Waals surface area contributed by atoms with E-state index in [0.29, 0.717) is 11.7 Å². The number of benzene rings is 1. The van der Waals surface area contributed by atoms with Crippen LogP contribution in [0.2, 0.25) is 0 Å². The third kappa shape index (κ3) is 1.55. The molecule has 2 N–H and O–H groups in total. The molecule has 0 aliphatic heterocycles. The van der Waals surface area contributed by atoms with Gasteiger partial charge in [0.25, 0.3) is 0 Å². The molecular weight excluding hydrogens is 172 g/mol. The van der Waals surface area contributed by atoms with E-state index in [0.717, 1.165) is 5.39 Å². The Morgan fingerprint density at radius 1 is 1.14 bits per heavy atom. The first kappa shape index (κ1) is 9.00. The van der Waals surface area contributed by atoms with Crippen LogP contribution in [0, 0.1) is 0 Å². The van der Waals surface area contributed by atoms with Crippen molar-refractivity contribution in [3.05, 3.63) is 36.0 Å². The molecule has 1 heterocycles. The fourth-order valence-corrected chi connectivity index (χ4v) is 1.54. The second-order valence-electron chi connectivity index (χ2n) is 3.87. The van der Waals surface area contributed by atoms with Crippen LogP contribution in [-0.2, 0) is 0 Å². The minimum atomic E-state index is 0.550. The number of rotatable bonds is 1. The fraction of sp³-hybridized carbons (Fsp3) is 0.250. The molecular formula is C12H14N2. The molecule has 0 saturated carbocycles. The van der Waals surface area contributed by atoms with Crippen molar-refractivity contribution in [3.63, 3.8) is 0 Å². The van der Waals surface area contributed by atoms with E-state index in [1.807, 2.05) is 12.3 Å². The first-order valence-electron chi connectivity index (χ1n) is 4.82. The Hall–Kier alpha value is -1.57. The Labute approximate surface area is 83.8 Å². The topological polar surface area (TPSA) is 38.9 Å². The minimum Gasteiger partial charge on any atom is -0.384 e. The second kappa shape index (κ2) is 3.29. The summed E-state index contributed by atoms with van der Waals surface area (Å²) in [5, 5.41) is 2.31. The predicted octanol–water partition coefficient (Wildman–Crippen LogP) is 2.94. The summed E-state index contributed by atoms with van der Waals surface area (Å²) in [5.41, 5.74) is 6.98. The van der Waals surface area contributed by atoms with Crippen LogP contribution in [0.5, 0.6) is 0 Å². The maximum absolute atomic E-state index is 5.64. The van der Waals surface area contributed by atoms with Gasteiger partial charge >= 0.3 is 0 Å². The third-order valence-corrected chi connectivity index (χ3v) is 2.43. The summed E-state index contributed by atoms with van der Waals surface area (Å²) in [6, 6.07) is 8.33. The van der Waals surface area contributed by atoms with E-state index in [4.69, 9.17) is 5.73 Å². The molecule has 0 aliphatic carbocycles. The Balaban J connectivity index is 2.63. The van der Waals surface area contributed by atoms with Gasteiger partial charge in [-0.25, -0.2) is 4.98 Å². The SMILES string of the molecule is CC(C)c1ccc2cnc(N)cc2c1. The van der Waals surface area contributed by atoms with Gasteiger partial charge in [-0.05, 0) is 22.9 Å². The van der Waals surface area contributed by atoms with Gasteiger partial charge in [0.05, 0.1) is 0 Å². The Morgan fingerprint density at radius 2 is 1.93 bits per heavy atom. The molecule has 0 saturated heterocycles. The first-order valence-corrected chi connectivity index (χ1v) is 4.82. The summed E-state index contributed by atoms with van der Waals surface area (Å²) in [7, 11) is 0. The summed E-state index contributed by atoms with van der Waals surface area (Å²) in [5.74, 6) is 1.13. The highest BCUT2D eigenvalue weighted by atomic mass is 14.8. The van der Waals surface area contributed by atoms with Gasteiger partial charge in [0.1, 0.15) is 5.82 Å². The molecule has 0 bridgehead atoms. The van der Waals surface area contributed by atoms with Crippen molar-refractivity contribution in [2.24, 2.45) is 0 Å². The summed E-state index contributed by atoms with van der Waals surface area (Å²) in [4.78, 5) is 4.06. The van der Waals surface area contributed by atoms with E-state index in [-0.39, 0.29) is 0 Å². The number of hydrogen-bond donors (Lipinski definition) is 1. The maximum Gasteiger partial charge on any atom is 0.123 e. The van der Waals surface area contributed by atoms with Gasteiger partial charge in [-0.2, -0.15) is 0 Å². The molecule has 14 heavy (non-hydrogen) atoms. The van der Waals surface area contributed by atoms with Crippen LogP contribution >= 0.6 is 0 Å². The van der Waals surface area contributed by atoms with E-state index in [1.54, 1.807) is 0 Å². The highest BCUT2D eigenvalue weighted by Crippen LogP contribution is 2.21. The van der Waals surface area contributed by atoms with Gasteiger partial charge in [0, 0.05) is 11.6 Å². The van der Waals surface area contributed by atoms with Crippen molar-refractivity contribution in [1.82, 2.24) is 4.98 Å². The van der Waals surface area contributed by atoms with Crippen LogP contribution in [0.3, 0.4) is 0 Å². The molecule has 2 nitrogen and oxygen atoms in total. The van der Waals surface area contributed by atoms with Gasteiger partial charge in [-0.1, -0.05) is 32.0 Å². The number of nitrogens with two attached hydrogens (primary N) is 1. The molecule has 0 atom stereocenters. The number of fused-ring (bicyclic) bond motifs is 1. The highest BCUT2D eigenvalue weighted by Gasteiger charge is 2.00. The average Bonchev–Trinajstić information content (AvgIpc) is 2.16. The van der Waals surface area contributed by atoms with E-state index < -0.39 is 0 Å². The standard InChI is InChI=1S/C12H14N2/c1-8(2)9-3-4-10-7-14-12(13)6-11(10)5-9/h3-8H,1-2H3,(H2,13,14). The number of nitrogen functional groups attached to an aromatic ring is 1. The lowest BCUT2D eigenvalue weighted by Crippen LogP contribution is -1.91. The number of aromatic nitrogens is 1. The minimum absolute atomic E-state index is 0.550. The molecule has 0 radical (unpaired) electrons. The van der Waals surface area contributed by atoms with Gasteiger partial charge in [0.2, 0.25) is 0 Å². The first-order chi connectivity index (χ1) is 6.66. The van der Waals surface area contributed by atoms with Crippen molar-refractivity contribution in [2.75, 3.05) is 5.73 Å². The Bertz CT molecular complexity index is 461. The molecule has 1 aromatic heterocycles. The summed E-state index contributed by atoms with van der Waals surface area (Å²) in [6.45, 7) is 4.37. The van der Waals surface area contributed by atoms with Crippen molar-refractivity contribution >= 4 is 16.6 Å². The summed E-state index contributed by atoms with van der Waals surface area (Å²) < 4.78 is 0. The normalized spacial score (nSPS) is 11.1. The number of hydrogen-bond acceptors (Lipinski definition) is 2. The van der Waals surface area contributed by atoms with Crippen molar-refractivity contribution in [2.45, 2.75) is 19.8 Å². The van der Waals surface area contributed by atoms with Gasteiger partial charge in [-0.3, -0.25) is 0 Å². The Morgan fingerprint density at radius 3 is 2.64 bits per heavy atom. The second-order valence-corrected chi connectivity index (χ2v) is 3.87. The van der Waals surface area contributed by atoms with Crippen molar-refractivity contribution in [1.29, 1.82) is 0 Å². The van der Waals surface area contributed by atoms with E-state index in [9.17, 15) is 0 Å². The zero-order valence-electron chi connectivity index (χ0n) is 8.49. The zero-order chi connectivity index (χ0) is 10.1. The van der Waals surface area contributed by atoms with Gasteiger partial charge in [-0.15, -0.1) is 0 Å². The molecule has 2 heteroatoms. The van der Waals surface area contributed by atoms with Crippen LogP contribution < -0.4 is 5.73 Å². The molecule has 2 rings (SSSR count). The average molecular weight is 186 g/mol. The van der Waals surface area contributed by atoms with E-state index >= 15 is 0 Å². The summed E-state index contributed by atoms with van der Waals surface area (Å²) >= 11 is 0. The quantitative estimate of drug-likeness (QED) is 0.743. The van der Waals surface area contributed by atoms with Crippen LogP contribution in [0.25, 0.3) is 10.8 Å². The Kier molecular flexibility index (Phi) is 2.12. The molecule has 0 fully saturated rings. The fourth-order valence-electron chi connectivity index (χ4n) is 1.54. The molecule has 0 spiro atoms. The smallest absolute Gasteiger partial charge is 0.123 e. The summed E-state index contributed by atoms with van der Waals surface area (Å²) in [6.07, 6.45) is 1.81. The molecule has 1 aromatic carbocycles. The van der Waals surface area contributed by atoms with Gasteiger partial charge < -0.3 is 5.73 Å². The zero-order valence-corrected chi connectivity index (χ0v) is 8.49. The third-order valence-electron chi connectivity index (χ3n) is 2.43. The largest absolute Gasteiger partial charge is 0.384 e. The van der Waals surface area contributed by atoms with Crippen LogP contribution in [0.15, 0.2) is 30.5 Å². The van der Waals surface area contributed by atoms with E-state index in [2.05, 4.69) is 37.0 Å². The molecule has 0 aliphatic rings. The van der Waals surface area contributed by atoms with Crippen LogP contribution in [0.1, 0.15) is 25.3 Å². The number of anilines is 1. The van der Waals surface area contributed by atoms with E-state index in [1.165, 1.54) is 10.9 Å². The lowest BCUT2D eigenvalue weighted by atomic mass is 10.0. The highest BCUT2D eigenvalue weighted by molar-refractivity contribution is 5.84.